The van der Waals surface area contributed by atoms with Crippen LogP contribution in [0.3, 0.4) is 0 Å². The van der Waals surface area contributed by atoms with Crippen molar-refractivity contribution in [3.63, 3.8) is 0 Å². The van der Waals surface area contributed by atoms with E-state index in [0.717, 1.165) is 24.9 Å². The molecule has 1 aromatic rings. The Morgan fingerprint density at radius 2 is 2.05 bits per heavy atom. The number of nitriles is 1. The van der Waals surface area contributed by atoms with E-state index in [1.165, 1.54) is 0 Å². The Kier molecular flexibility index (Phi) is 6.27. The van der Waals surface area contributed by atoms with Crippen LogP contribution in [-0.2, 0) is 0 Å². The van der Waals surface area contributed by atoms with Gasteiger partial charge in [0.2, 0.25) is 0 Å². The van der Waals surface area contributed by atoms with Gasteiger partial charge in [-0.15, -0.1) is 0 Å². The van der Waals surface area contributed by atoms with Gasteiger partial charge in [-0.1, -0.05) is 31.2 Å². The molecule has 1 atom stereocenters. The Morgan fingerprint density at radius 1 is 1.37 bits per heavy atom. The van der Waals surface area contributed by atoms with Crippen LogP contribution in [-0.4, -0.2) is 23.8 Å². The zero-order valence-electron chi connectivity index (χ0n) is 11.7. The molecule has 102 valence electrons. The zero-order valence-corrected chi connectivity index (χ0v) is 11.7. The molecule has 0 heterocycles. The number of aliphatic hydroxyl groups excluding tert-OH is 1. The van der Waals surface area contributed by atoms with Gasteiger partial charge in [-0.3, -0.25) is 0 Å². The smallest absolute Gasteiger partial charge is 0.0991 e. The lowest BCUT2D eigenvalue weighted by molar-refractivity contribution is 0.220. The standard InChI is InChI=1S/C16H22N2O/c1-3-16(2,10-12-19)18-11-4-5-14-6-8-15(13-17)9-7-14/h4-9,18-19H,3,10-12H2,1-2H3/b5-4+. The van der Waals surface area contributed by atoms with Gasteiger partial charge in [0.1, 0.15) is 0 Å². The molecule has 0 radical (unpaired) electrons. The highest BCUT2D eigenvalue weighted by Gasteiger charge is 2.19. The maximum atomic E-state index is 9.03. The molecule has 0 fully saturated rings. The van der Waals surface area contributed by atoms with Crippen molar-refractivity contribution in [3.8, 4) is 6.07 Å². The van der Waals surface area contributed by atoms with Crippen molar-refractivity contribution in [3.05, 3.63) is 41.5 Å². The fourth-order valence-corrected chi connectivity index (χ4v) is 1.81. The van der Waals surface area contributed by atoms with Gasteiger partial charge in [0, 0.05) is 18.7 Å². The maximum absolute atomic E-state index is 9.03. The van der Waals surface area contributed by atoms with Crippen LogP contribution in [0.2, 0.25) is 0 Å². The molecule has 3 heteroatoms. The van der Waals surface area contributed by atoms with Crippen molar-refractivity contribution < 1.29 is 5.11 Å². The van der Waals surface area contributed by atoms with Crippen LogP contribution >= 0.6 is 0 Å². The summed E-state index contributed by atoms with van der Waals surface area (Å²) in [5, 5.41) is 21.2. The fraction of sp³-hybridized carbons (Fsp3) is 0.438. The third-order valence-electron chi connectivity index (χ3n) is 3.44. The molecule has 1 aromatic carbocycles. The highest BCUT2D eigenvalue weighted by atomic mass is 16.3. The van der Waals surface area contributed by atoms with Gasteiger partial charge in [0.05, 0.1) is 11.6 Å². The Hall–Kier alpha value is -1.63. The maximum Gasteiger partial charge on any atom is 0.0991 e. The molecular formula is C16H22N2O. The van der Waals surface area contributed by atoms with Gasteiger partial charge in [-0.05, 0) is 37.5 Å². The predicted molar refractivity (Wildman–Crippen MR) is 78.6 cm³/mol. The molecule has 1 rings (SSSR count). The molecule has 0 aliphatic rings. The van der Waals surface area contributed by atoms with Crippen LogP contribution in [0.15, 0.2) is 30.3 Å². The number of rotatable bonds is 7. The summed E-state index contributed by atoms with van der Waals surface area (Å²) >= 11 is 0. The molecule has 1 unspecified atom stereocenters. The molecule has 0 spiro atoms. The molecule has 0 aliphatic heterocycles. The molecular weight excluding hydrogens is 236 g/mol. The first-order chi connectivity index (χ1) is 9.13. The Morgan fingerprint density at radius 3 is 2.58 bits per heavy atom. The van der Waals surface area contributed by atoms with Crippen LogP contribution in [0.1, 0.15) is 37.8 Å². The van der Waals surface area contributed by atoms with E-state index in [2.05, 4.69) is 31.3 Å². The van der Waals surface area contributed by atoms with E-state index in [4.69, 9.17) is 10.4 Å². The average molecular weight is 258 g/mol. The van der Waals surface area contributed by atoms with Crippen LogP contribution < -0.4 is 5.32 Å². The molecule has 0 bridgehead atoms. The van der Waals surface area contributed by atoms with Crippen LogP contribution in [0.25, 0.3) is 6.08 Å². The summed E-state index contributed by atoms with van der Waals surface area (Å²) in [6.45, 7) is 5.22. The number of hydrogen-bond donors (Lipinski definition) is 2. The predicted octanol–water partition coefficient (Wildman–Crippen LogP) is 2.71. The van der Waals surface area contributed by atoms with Gasteiger partial charge in [0.25, 0.3) is 0 Å². The van der Waals surface area contributed by atoms with E-state index in [0.29, 0.717) is 5.56 Å². The van der Waals surface area contributed by atoms with Gasteiger partial charge >= 0.3 is 0 Å². The van der Waals surface area contributed by atoms with Crippen molar-refractivity contribution in [2.24, 2.45) is 0 Å². The number of nitrogens with zero attached hydrogens (tertiary/aromatic N) is 1. The highest BCUT2D eigenvalue weighted by molar-refractivity contribution is 5.51. The second kappa shape index (κ2) is 7.73. The second-order valence-corrected chi connectivity index (χ2v) is 4.90. The third-order valence-corrected chi connectivity index (χ3v) is 3.44. The van der Waals surface area contributed by atoms with E-state index in [1.54, 1.807) is 0 Å². The van der Waals surface area contributed by atoms with Crippen molar-refractivity contribution in [1.82, 2.24) is 5.32 Å². The molecule has 0 amide bonds. The molecule has 0 saturated carbocycles. The lowest BCUT2D eigenvalue weighted by Crippen LogP contribution is -2.42. The first kappa shape index (κ1) is 15.4. The Bertz CT molecular complexity index is 445. The first-order valence-electron chi connectivity index (χ1n) is 6.66. The average Bonchev–Trinajstić information content (AvgIpc) is 2.44. The zero-order chi connectivity index (χ0) is 14.1. The fourth-order valence-electron chi connectivity index (χ4n) is 1.81. The first-order valence-corrected chi connectivity index (χ1v) is 6.66. The van der Waals surface area contributed by atoms with E-state index in [-0.39, 0.29) is 12.1 Å². The number of hydrogen-bond acceptors (Lipinski definition) is 3. The van der Waals surface area contributed by atoms with Crippen molar-refractivity contribution >= 4 is 6.08 Å². The number of nitrogens with one attached hydrogen (secondary N) is 1. The van der Waals surface area contributed by atoms with Crippen molar-refractivity contribution in [1.29, 1.82) is 5.26 Å². The minimum absolute atomic E-state index is 0.0102. The van der Waals surface area contributed by atoms with Gasteiger partial charge in [0.15, 0.2) is 0 Å². The largest absolute Gasteiger partial charge is 0.396 e. The third kappa shape index (κ3) is 5.25. The minimum atomic E-state index is -0.0102. The topological polar surface area (TPSA) is 56.0 Å². The van der Waals surface area contributed by atoms with Crippen LogP contribution in [0, 0.1) is 11.3 Å². The number of benzene rings is 1. The lowest BCUT2D eigenvalue weighted by atomic mass is 9.95. The molecule has 2 N–H and O–H groups in total. The van der Waals surface area contributed by atoms with Crippen molar-refractivity contribution in [2.45, 2.75) is 32.2 Å². The van der Waals surface area contributed by atoms with E-state index in [1.807, 2.05) is 30.3 Å². The number of aliphatic hydroxyl groups is 1. The summed E-state index contributed by atoms with van der Waals surface area (Å²) < 4.78 is 0. The molecule has 19 heavy (non-hydrogen) atoms. The van der Waals surface area contributed by atoms with E-state index < -0.39 is 0 Å². The quantitative estimate of drug-likeness (QED) is 0.790. The summed E-state index contributed by atoms with van der Waals surface area (Å²) in [5.74, 6) is 0. The van der Waals surface area contributed by atoms with E-state index in [9.17, 15) is 0 Å². The summed E-state index contributed by atoms with van der Waals surface area (Å²) in [4.78, 5) is 0. The molecule has 3 nitrogen and oxygen atoms in total. The summed E-state index contributed by atoms with van der Waals surface area (Å²) in [6.07, 6.45) is 5.84. The van der Waals surface area contributed by atoms with Gasteiger partial charge in [-0.25, -0.2) is 0 Å². The summed E-state index contributed by atoms with van der Waals surface area (Å²) in [6, 6.07) is 9.60. The van der Waals surface area contributed by atoms with Gasteiger partial charge < -0.3 is 10.4 Å². The molecule has 0 aliphatic carbocycles. The lowest BCUT2D eigenvalue weighted by Gasteiger charge is -2.28. The van der Waals surface area contributed by atoms with E-state index >= 15 is 0 Å². The Balaban J connectivity index is 2.47. The van der Waals surface area contributed by atoms with Crippen LogP contribution in [0.5, 0.6) is 0 Å². The second-order valence-electron chi connectivity index (χ2n) is 4.90. The van der Waals surface area contributed by atoms with Gasteiger partial charge in [-0.2, -0.15) is 5.26 Å². The normalized spacial score (nSPS) is 14.2. The van der Waals surface area contributed by atoms with Crippen LogP contribution in [0.4, 0.5) is 0 Å². The minimum Gasteiger partial charge on any atom is -0.396 e. The highest BCUT2D eigenvalue weighted by Crippen LogP contribution is 2.13. The Labute approximate surface area is 115 Å². The SMILES string of the molecule is CCC(C)(CCO)NC/C=C/c1ccc(C#N)cc1. The monoisotopic (exact) mass is 258 g/mol. The molecule has 0 saturated heterocycles. The van der Waals surface area contributed by atoms with Crippen molar-refractivity contribution in [2.75, 3.05) is 13.2 Å². The molecule has 0 aromatic heterocycles. The summed E-state index contributed by atoms with van der Waals surface area (Å²) in [5.41, 5.74) is 1.75. The summed E-state index contributed by atoms with van der Waals surface area (Å²) in [7, 11) is 0.